The minimum absolute atomic E-state index is 0.508. The maximum absolute atomic E-state index is 3.65. The van der Waals surface area contributed by atoms with Crippen molar-refractivity contribution in [3.8, 4) is 0 Å². The van der Waals surface area contributed by atoms with E-state index in [1.165, 1.54) is 30.5 Å². The Hall–Kier alpha value is -2.22. The molecule has 23 heavy (non-hydrogen) atoms. The molecule has 0 radical (unpaired) electrons. The van der Waals surface area contributed by atoms with Crippen molar-refractivity contribution in [2.45, 2.75) is 31.7 Å². The molecule has 4 aliphatic rings. The highest BCUT2D eigenvalue weighted by Gasteiger charge is 2.38. The lowest BCUT2D eigenvalue weighted by molar-refractivity contribution is 0.409. The minimum Gasteiger partial charge on any atom is -0.387 e. The van der Waals surface area contributed by atoms with Gasteiger partial charge < -0.3 is 10.6 Å². The first-order valence-electron chi connectivity index (χ1n) is 8.76. The van der Waals surface area contributed by atoms with Gasteiger partial charge in [-0.05, 0) is 60.2 Å². The summed E-state index contributed by atoms with van der Waals surface area (Å²) < 4.78 is 0. The summed E-state index contributed by atoms with van der Waals surface area (Å²) in [5, 5.41) is 7.26. The largest absolute Gasteiger partial charge is 0.387 e. The molecule has 116 valence electrons. The van der Waals surface area contributed by atoms with Crippen molar-refractivity contribution in [1.29, 1.82) is 0 Å². The molecule has 2 nitrogen and oxygen atoms in total. The van der Waals surface area contributed by atoms with Crippen LogP contribution >= 0.6 is 0 Å². The molecule has 0 spiro atoms. The molecule has 0 amide bonds. The molecule has 0 aromatic heterocycles. The zero-order valence-corrected chi connectivity index (χ0v) is 13.3. The summed E-state index contributed by atoms with van der Waals surface area (Å²) in [4.78, 5) is 0. The summed E-state index contributed by atoms with van der Waals surface area (Å²) in [7, 11) is 0. The van der Waals surface area contributed by atoms with Crippen LogP contribution in [0.4, 0.5) is 0 Å². The van der Waals surface area contributed by atoms with Gasteiger partial charge in [-0.2, -0.15) is 0 Å². The maximum Gasteiger partial charge on any atom is 0.0379 e. The fourth-order valence-electron chi connectivity index (χ4n) is 4.70. The lowest BCUT2D eigenvalue weighted by Crippen LogP contribution is -2.40. The molecule has 2 atom stereocenters. The first-order chi connectivity index (χ1) is 11.4. The van der Waals surface area contributed by atoms with Crippen LogP contribution in [0.1, 0.15) is 24.8 Å². The van der Waals surface area contributed by atoms with Crippen molar-refractivity contribution in [3.05, 3.63) is 82.2 Å². The Kier molecular flexibility index (Phi) is 2.97. The zero-order chi connectivity index (χ0) is 15.2. The number of hydrogen-bond acceptors (Lipinski definition) is 2. The number of hydrogen-bond donors (Lipinski definition) is 2. The van der Waals surface area contributed by atoms with E-state index in [0.717, 1.165) is 13.0 Å². The van der Waals surface area contributed by atoms with Gasteiger partial charge in [0.2, 0.25) is 0 Å². The highest BCUT2D eigenvalue weighted by Crippen LogP contribution is 2.46. The van der Waals surface area contributed by atoms with Crippen LogP contribution in [0.5, 0.6) is 0 Å². The van der Waals surface area contributed by atoms with Gasteiger partial charge in [-0.15, -0.1) is 0 Å². The summed E-state index contributed by atoms with van der Waals surface area (Å²) in [6.45, 7) is 1.05. The van der Waals surface area contributed by atoms with E-state index in [9.17, 15) is 0 Å². The lowest BCUT2D eigenvalue weighted by atomic mass is 9.71. The summed E-state index contributed by atoms with van der Waals surface area (Å²) in [5.41, 5.74) is 9.24. The van der Waals surface area contributed by atoms with Gasteiger partial charge >= 0.3 is 0 Å². The fourth-order valence-corrected chi connectivity index (χ4v) is 4.70. The van der Waals surface area contributed by atoms with E-state index in [4.69, 9.17) is 0 Å². The third-order valence-electron chi connectivity index (χ3n) is 5.73. The first-order valence-corrected chi connectivity index (χ1v) is 8.76. The van der Waals surface area contributed by atoms with E-state index < -0.39 is 0 Å². The zero-order valence-electron chi connectivity index (χ0n) is 13.3. The molecule has 2 heterocycles. The van der Waals surface area contributed by atoms with Crippen molar-refractivity contribution < 1.29 is 0 Å². The van der Waals surface area contributed by atoms with Gasteiger partial charge in [-0.25, -0.2) is 0 Å². The van der Waals surface area contributed by atoms with Gasteiger partial charge in [0.15, 0.2) is 0 Å². The Labute approximate surface area is 137 Å². The molecule has 0 bridgehead atoms. The normalized spacial score (nSPS) is 27.9. The fraction of sp³-hybridized carbons (Fsp3) is 0.333. The van der Waals surface area contributed by atoms with Crippen LogP contribution in [0.3, 0.4) is 0 Å². The van der Waals surface area contributed by atoms with Gasteiger partial charge in [-0.1, -0.05) is 36.4 Å². The van der Waals surface area contributed by atoms with Crippen LogP contribution in [0, 0.1) is 5.92 Å². The highest BCUT2D eigenvalue weighted by atomic mass is 14.9. The number of rotatable bonds is 2. The molecule has 2 aliphatic heterocycles. The van der Waals surface area contributed by atoms with Gasteiger partial charge in [0.25, 0.3) is 0 Å². The second kappa shape index (κ2) is 5.16. The molecule has 2 aliphatic carbocycles. The minimum atomic E-state index is 0.508. The highest BCUT2D eigenvalue weighted by molar-refractivity contribution is 5.61. The van der Waals surface area contributed by atoms with Crippen LogP contribution in [-0.4, -0.2) is 12.6 Å². The smallest absolute Gasteiger partial charge is 0.0379 e. The van der Waals surface area contributed by atoms with E-state index in [1.54, 1.807) is 22.3 Å². The van der Waals surface area contributed by atoms with Gasteiger partial charge in [0.1, 0.15) is 0 Å². The topological polar surface area (TPSA) is 24.1 Å². The quantitative estimate of drug-likeness (QED) is 0.872. The van der Waals surface area contributed by atoms with Crippen molar-refractivity contribution in [2.75, 3.05) is 6.54 Å². The third-order valence-corrected chi connectivity index (χ3v) is 5.73. The molecule has 0 saturated carbocycles. The summed E-state index contributed by atoms with van der Waals surface area (Å²) >= 11 is 0. The van der Waals surface area contributed by atoms with Crippen molar-refractivity contribution >= 4 is 0 Å². The number of nitrogens with one attached hydrogen (secondary N) is 2. The second-order valence-electron chi connectivity index (χ2n) is 7.03. The number of allylic oxidation sites excluding steroid dienone is 3. The standard InChI is InChI=1S/C21H22N2/c1-2-5-14(6-3-1)11-20-18-12-15-13-23-19-8-4-7-17(21(15)19)16(18)9-10-22-20/h1-3,5-6,8-10,18,20,22-23H,4,7,11-13H2. The molecule has 0 saturated heterocycles. The van der Waals surface area contributed by atoms with Crippen LogP contribution in [0.25, 0.3) is 0 Å². The number of fused-ring (bicyclic) bond motifs is 1. The molecule has 1 aromatic rings. The monoisotopic (exact) mass is 302 g/mol. The molecule has 2 heteroatoms. The average Bonchev–Trinajstić information content (AvgIpc) is 3.01. The summed E-state index contributed by atoms with van der Waals surface area (Å²) in [6.07, 6.45) is 11.6. The van der Waals surface area contributed by atoms with E-state index >= 15 is 0 Å². The molecular weight excluding hydrogens is 280 g/mol. The Balaban J connectivity index is 1.52. The van der Waals surface area contributed by atoms with Gasteiger partial charge in [-0.3, -0.25) is 0 Å². The molecule has 0 fully saturated rings. The van der Waals surface area contributed by atoms with Crippen molar-refractivity contribution in [1.82, 2.24) is 10.6 Å². The maximum atomic E-state index is 3.65. The Morgan fingerprint density at radius 3 is 2.96 bits per heavy atom. The lowest BCUT2D eigenvalue weighted by Gasteiger charge is -2.38. The SMILES string of the molecule is C1=CC2=C3CCC=C4NCC(=C43)CC2C(Cc2ccccc2)N1. The molecule has 1 aromatic carbocycles. The van der Waals surface area contributed by atoms with E-state index in [-0.39, 0.29) is 0 Å². The van der Waals surface area contributed by atoms with E-state index in [0.29, 0.717) is 12.0 Å². The second-order valence-corrected chi connectivity index (χ2v) is 7.03. The molecule has 2 N–H and O–H groups in total. The predicted molar refractivity (Wildman–Crippen MR) is 93.7 cm³/mol. The van der Waals surface area contributed by atoms with Crippen LogP contribution in [0.2, 0.25) is 0 Å². The predicted octanol–water partition coefficient (Wildman–Crippen LogP) is 3.61. The Morgan fingerprint density at radius 2 is 2.04 bits per heavy atom. The molecule has 5 rings (SSSR count). The summed E-state index contributed by atoms with van der Waals surface area (Å²) in [6, 6.07) is 11.4. The van der Waals surface area contributed by atoms with E-state index in [1.807, 2.05) is 0 Å². The van der Waals surface area contributed by atoms with Gasteiger partial charge in [0, 0.05) is 29.8 Å². The average molecular weight is 302 g/mol. The van der Waals surface area contributed by atoms with Crippen LogP contribution in [0.15, 0.2) is 76.7 Å². The molecule has 2 unspecified atom stereocenters. The Bertz CT molecular complexity index is 764. The first kappa shape index (κ1) is 13.2. The Morgan fingerprint density at radius 1 is 1.13 bits per heavy atom. The number of benzene rings is 1. The summed E-state index contributed by atoms with van der Waals surface area (Å²) in [5.74, 6) is 0.619. The van der Waals surface area contributed by atoms with Crippen LogP contribution < -0.4 is 10.6 Å². The molecular formula is C21H22N2. The van der Waals surface area contributed by atoms with Crippen molar-refractivity contribution in [3.63, 3.8) is 0 Å². The van der Waals surface area contributed by atoms with E-state index in [2.05, 4.69) is 59.3 Å². The third kappa shape index (κ3) is 2.08. The van der Waals surface area contributed by atoms with Crippen molar-refractivity contribution in [2.24, 2.45) is 5.92 Å². The van der Waals surface area contributed by atoms with Gasteiger partial charge in [0.05, 0.1) is 0 Å². The van der Waals surface area contributed by atoms with Crippen LogP contribution in [-0.2, 0) is 6.42 Å².